The molecule has 0 aliphatic carbocycles. The third kappa shape index (κ3) is 2.60. The van der Waals surface area contributed by atoms with Crippen molar-refractivity contribution in [1.29, 1.82) is 0 Å². The molecule has 20 heavy (non-hydrogen) atoms. The summed E-state index contributed by atoms with van der Waals surface area (Å²) < 4.78 is 43.4. The van der Waals surface area contributed by atoms with Crippen molar-refractivity contribution in [3.8, 4) is 0 Å². The minimum absolute atomic E-state index is 0.324. The van der Waals surface area contributed by atoms with Gasteiger partial charge in [0.1, 0.15) is 0 Å². The molecule has 0 unspecified atom stereocenters. The Bertz CT molecular complexity index is 721. The lowest BCUT2D eigenvalue weighted by Gasteiger charge is -2.04. The number of halogens is 3. The second kappa shape index (κ2) is 4.78. The molecule has 0 bridgehead atoms. The lowest BCUT2D eigenvalue weighted by Crippen LogP contribution is -2.04. The third-order valence-electron chi connectivity index (χ3n) is 2.62. The highest BCUT2D eigenvalue weighted by atomic mass is 32.1. The number of rotatable bonds is 3. The van der Waals surface area contributed by atoms with Crippen LogP contribution in [0.5, 0.6) is 0 Å². The van der Waals surface area contributed by atoms with Crippen LogP contribution in [0, 0.1) is 0 Å². The molecule has 1 N–H and O–H groups in total. The van der Waals surface area contributed by atoms with Gasteiger partial charge in [0, 0.05) is 6.07 Å². The number of alkyl halides is 3. The van der Waals surface area contributed by atoms with Crippen LogP contribution in [0.1, 0.15) is 11.3 Å². The van der Waals surface area contributed by atoms with Crippen LogP contribution in [0.2, 0.25) is 0 Å². The number of thiazole rings is 1. The molecule has 0 amide bonds. The predicted octanol–water partition coefficient (Wildman–Crippen LogP) is 3.92. The number of nitrogens with zero attached hydrogens (tertiary/aromatic N) is 2. The van der Waals surface area contributed by atoms with E-state index in [0.29, 0.717) is 27.7 Å². The van der Waals surface area contributed by atoms with E-state index in [1.54, 1.807) is 6.07 Å². The summed E-state index contributed by atoms with van der Waals surface area (Å²) >= 11 is 1.29. The van der Waals surface area contributed by atoms with E-state index in [4.69, 9.17) is 4.52 Å². The summed E-state index contributed by atoms with van der Waals surface area (Å²) in [7, 11) is 0. The Morgan fingerprint density at radius 3 is 2.80 bits per heavy atom. The van der Waals surface area contributed by atoms with Crippen LogP contribution in [0.15, 0.2) is 35.0 Å². The molecular formula is C12H8F3N3OS. The first-order chi connectivity index (χ1) is 9.52. The van der Waals surface area contributed by atoms with E-state index in [2.05, 4.69) is 15.5 Å². The van der Waals surface area contributed by atoms with Crippen molar-refractivity contribution in [2.24, 2.45) is 0 Å². The Morgan fingerprint density at radius 2 is 2.10 bits per heavy atom. The molecule has 3 rings (SSSR count). The van der Waals surface area contributed by atoms with Crippen molar-refractivity contribution >= 4 is 26.7 Å². The van der Waals surface area contributed by atoms with Crippen molar-refractivity contribution in [2.45, 2.75) is 12.7 Å². The molecule has 0 fully saturated rings. The molecule has 0 radical (unpaired) electrons. The smallest absolute Gasteiger partial charge is 0.360 e. The second-order valence-corrected chi connectivity index (χ2v) is 5.06. The molecule has 104 valence electrons. The van der Waals surface area contributed by atoms with E-state index in [9.17, 15) is 13.2 Å². The average molecular weight is 299 g/mol. The van der Waals surface area contributed by atoms with Gasteiger partial charge in [-0.15, -0.1) is 0 Å². The SMILES string of the molecule is FC(F)(F)c1ccc2sc(NCc3ccno3)nc2c1. The Morgan fingerprint density at radius 1 is 1.25 bits per heavy atom. The first kappa shape index (κ1) is 12.9. The molecule has 0 saturated heterocycles. The fourth-order valence-electron chi connectivity index (χ4n) is 1.68. The highest BCUT2D eigenvalue weighted by Crippen LogP contribution is 2.34. The molecule has 0 aliphatic rings. The maximum atomic E-state index is 12.6. The molecule has 8 heteroatoms. The summed E-state index contributed by atoms with van der Waals surface area (Å²) in [6.45, 7) is 0.381. The summed E-state index contributed by atoms with van der Waals surface area (Å²) in [4.78, 5) is 4.13. The molecule has 0 spiro atoms. The van der Waals surface area contributed by atoms with Crippen molar-refractivity contribution in [2.75, 3.05) is 5.32 Å². The topological polar surface area (TPSA) is 51.0 Å². The van der Waals surface area contributed by atoms with Crippen LogP contribution in [-0.2, 0) is 12.7 Å². The van der Waals surface area contributed by atoms with Gasteiger partial charge in [0.2, 0.25) is 0 Å². The summed E-state index contributed by atoms with van der Waals surface area (Å²) in [6, 6.07) is 5.23. The van der Waals surface area contributed by atoms with Crippen LogP contribution in [0.3, 0.4) is 0 Å². The van der Waals surface area contributed by atoms with Gasteiger partial charge in [-0.25, -0.2) is 4.98 Å². The van der Waals surface area contributed by atoms with Gasteiger partial charge < -0.3 is 9.84 Å². The first-order valence-corrected chi connectivity index (χ1v) is 6.45. The standard InChI is InChI=1S/C12H8F3N3OS/c13-12(14,15)7-1-2-10-9(5-7)18-11(20-10)16-6-8-3-4-17-19-8/h1-5H,6H2,(H,16,18). The average Bonchev–Trinajstić information content (AvgIpc) is 3.03. The Hall–Kier alpha value is -2.09. The quantitative estimate of drug-likeness (QED) is 0.796. The van der Waals surface area contributed by atoms with E-state index in [1.165, 1.54) is 23.6 Å². The van der Waals surface area contributed by atoms with E-state index < -0.39 is 11.7 Å². The monoisotopic (exact) mass is 299 g/mol. The molecule has 3 aromatic rings. The number of fused-ring (bicyclic) bond motifs is 1. The maximum Gasteiger partial charge on any atom is 0.416 e. The molecule has 2 aromatic heterocycles. The number of nitrogens with one attached hydrogen (secondary N) is 1. The molecule has 1 aromatic carbocycles. The zero-order chi connectivity index (χ0) is 14.2. The fraction of sp³-hybridized carbons (Fsp3) is 0.167. The Balaban J connectivity index is 1.83. The van der Waals surface area contributed by atoms with Crippen LogP contribution < -0.4 is 5.32 Å². The van der Waals surface area contributed by atoms with Gasteiger partial charge >= 0.3 is 6.18 Å². The van der Waals surface area contributed by atoms with Crippen LogP contribution >= 0.6 is 11.3 Å². The van der Waals surface area contributed by atoms with Crippen molar-refractivity contribution in [3.05, 3.63) is 41.8 Å². The number of hydrogen-bond acceptors (Lipinski definition) is 5. The molecule has 0 saturated carbocycles. The van der Waals surface area contributed by atoms with Crippen molar-refractivity contribution in [3.63, 3.8) is 0 Å². The second-order valence-electron chi connectivity index (χ2n) is 4.03. The van der Waals surface area contributed by atoms with E-state index in [0.717, 1.165) is 12.1 Å². The van der Waals surface area contributed by atoms with Crippen LogP contribution in [0.4, 0.5) is 18.3 Å². The fourth-order valence-corrected chi connectivity index (χ4v) is 2.52. The maximum absolute atomic E-state index is 12.6. The zero-order valence-corrected chi connectivity index (χ0v) is 10.8. The highest BCUT2D eigenvalue weighted by Gasteiger charge is 2.30. The lowest BCUT2D eigenvalue weighted by atomic mass is 10.2. The number of hydrogen-bond donors (Lipinski definition) is 1. The first-order valence-electron chi connectivity index (χ1n) is 5.63. The largest absolute Gasteiger partial charge is 0.416 e. The van der Waals surface area contributed by atoms with Gasteiger partial charge in [0.15, 0.2) is 10.9 Å². The van der Waals surface area contributed by atoms with Gasteiger partial charge in [-0.2, -0.15) is 13.2 Å². The molecule has 0 atom stereocenters. The van der Waals surface area contributed by atoms with Gasteiger partial charge in [-0.1, -0.05) is 16.5 Å². The molecule has 4 nitrogen and oxygen atoms in total. The minimum Gasteiger partial charge on any atom is -0.360 e. The lowest BCUT2D eigenvalue weighted by molar-refractivity contribution is -0.137. The summed E-state index contributed by atoms with van der Waals surface area (Å²) in [5.41, 5.74) is -0.373. The van der Waals surface area contributed by atoms with Crippen LogP contribution in [-0.4, -0.2) is 10.1 Å². The van der Waals surface area contributed by atoms with E-state index >= 15 is 0 Å². The van der Waals surface area contributed by atoms with E-state index in [1.807, 2.05) is 0 Å². The Kier molecular flexibility index (Phi) is 3.09. The van der Waals surface area contributed by atoms with Gasteiger partial charge in [0.25, 0.3) is 0 Å². The zero-order valence-electron chi connectivity index (χ0n) is 9.94. The van der Waals surface area contributed by atoms with Gasteiger partial charge in [-0.05, 0) is 18.2 Å². The normalized spacial score (nSPS) is 11.9. The summed E-state index contributed by atoms with van der Waals surface area (Å²) in [5.74, 6) is 0.625. The van der Waals surface area contributed by atoms with E-state index in [-0.39, 0.29) is 0 Å². The molecule has 0 aliphatic heterocycles. The number of aromatic nitrogens is 2. The highest BCUT2D eigenvalue weighted by molar-refractivity contribution is 7.22. The third-order valence-corrected chi connectivity index (χ3v) is 3.61. The molecular weight excluding hydrogens is 291 g/mol. The minimum atomic E-state index is -4.36. The van der Waals surface area contributed by atoms with Crippen LogP contribution in [0.25, 0.3) is 10.2 Å². The number of benzene rings is 1. The van der Waals surface area contributed by atoms with Gasteiger partial charge in [0.05, 0.1) is 28.5 Å². The number of anilines is 1. The summed E-state index contributed by atoms with van der Waals surface area (Å²) in [6.07, 6.45) is -2.84. The Labute approximate surface area is 115 Å². The molecule has 2 heterocycles. The summed E-state index contributed by atoms with van der Waals surface area (Å²) in [5, 5.41) is 7.08. The van der Waals surface area contributed by atoms with Crippen molar-refractivity contribution in [1.82, 2.24) is 10.1 Å². The predicted molar refractivity (Wildman–Crippen MR) is 68.5 cm³/mol. The van der Waals surface area contributed by atoms with Crippen molar-refractivity contribution < 1.29 is 17.7 Å². The van der Waals surface area contributed by atoms with Gasteiger partial charge in [-0.3, -0.25) is 0 Å².